The molecule has 5 heteroatoms. The summed E-state index contributed by atoms with van der Waals surface area (Å²) >= 11 is 0. The summed E-state index contributed by atoms with van der Waals surface area (Å²) in [7, 11) is 0. The molecule has 5 nitrogen and oxygen atoms in total. The molecule has 0 unspecified atom stereocenters. The largest absolute Gasteiger partial charge is 0.459 e. The Morgan fingerprint density at radius 1 is 1.11 bits per heavy atom. The highest BCUT2D eigenvalue weighted by atomic mass is 16.5. The van der Waals surface area contributed by atoms with E-state index in [-0.39, 0.29) is 12.1 Å². The molecule has 1 atom stereocenters. The van der Waals surface area contributed by atoms with Gasteiger partial charge in [-0.1, -0.05) is 13.8 Å². The van der Waals surface area contributed by atoms with Crippen molar-refractivity contribution < 1.29 is 9.53 Å². The quantitative estimate of drug-likeness (QED) is 0.791. The lowest BCUT2D eigenvalue weighted by Gasteiger charge is -2.16. The average Bonchev–Trinajstić information content (AvgIpc) is 2.92. The zero-order valence-corrected chi connectivity index (χ0v) is 11.3. The summed E-state index contributed by atoms with van der Waals surface area (Å²) < 4.78 is 7.13. The highest BCUT2D eigenvalue weighted by Gasteiger charge is 2.14. The van der Waals surface area contributed by atoms with Gasteiger partial charge in [0.1, 0.15) is 18.8 Å². The van der Waals surface area contributed by atoms with Crippen LogP contribution in [0, 0.1) is 5.92 Å². The molecular weight excluding hydrogens is 242 g/mol. The summed E-state index contributed by atoms with van der Waals surface area (Å²) in [6, 6.07) is 7.15. The normalized spacial score (nSPS) is 12.4. The fraction of sp³-hybridized carbons (Fsp3) is 0.357. The van der Waals surface area contributed by atoms with Crippen molar-refractivity contribution in [3.63, 3.8) is 0 Å². The van der Waals surface area contributed by atoms with Crippen molar-refractivity contribution in [2.45, 2.75) is 26.9 Å². The number of carbonyl (C=O) groups is 1. The van der Waals surface area contributed by atoms with Crippen molar-refractivity contribution in [1.82, 2.24) is 14.8 Å². The predicted molar refractivity (Wildman–Crippen MR) is 71.1 cm³/mol. The van der Waals surface area contributed by atoms with Crippen LogP contribution in [0.4, 0.5) is 0 Å². The van der Waals surface area contributed by atoms with Gasteiger partial charge in [-0.2, -0.15) is 0 Å². The zero-order chi connectivity index (χ0) is 13.8. The van der Waals surface area contributed by atoms with Crippen LogP contribution in [0.5, 0.6) is 0 Å². The Bertz CT molecular complexity index is 532. The van der Waals surface area contributed by atoms with Gasteiger partial charge >= 0.3 is 5.97 Å². The van der Waals surface area contributed by atoms with Crippen LogP contribution in [0.3, 0.4) is 0 Å². The average molecular weight is 259 g/mol. The molecule has 0 aliphatic rings. The zero-order valence-electron chi connectivity index (χ0n) is 11.3. The second-order valence-corrected chi connectivity index (χ2v) is 4.77. The number of aromatic nitrogens is 3. The summed E-state index contributed by atoms with van der Waals surface area (Å²) in [5.41, 5.74) is 1.45. The Balaban J connectivity index is 2.08. The summed E-state index contributed by atoms with van der Waals surface area (Å²) in [5, 5.41) is 7.47. The fourth-order valence-electron chi connectivity index (χ4n) is 1.48. The number of rotatable bonds is 4. The number of hydrogen-bond donors (Lipinski definition) is 0. The summed E-state index contributed by atoms with van der Waals surface area (Å²) in [5.74, 6) is 0.0109. The van der Waals surface area contributed by atoms with E-state index in [1.54, 1.807) is 29.4 Å². The molecule has 19 heavy (non-hydrogen) atoms. The van der Waals surface area contributed by atoms with E-state index in [0.717, 1.165) is 5.69 Å². The van der Waals surface area contributed by atoms with Crippen LogP contribution in [-0.2, 0) is 4.74 Å². The molecule has 0 fully saturated rings. The molecule has 0 spiro atoms. The van der Waals surface area contributed by atoms with Crippen LogP contribution in [0.25, 0.3) is 5.69 Å². The number of hydrogen-bond acceptors (Lipinski definition) is 4. The lowest BCUT2D eigenvalue weighted by atomic mass is 10.1. The van der Waals surface area contributed by atoms with E-state index >= 15 is 0 Å². The maximum Gasteiger partial charge on any atom is 0.338 e. The molecule has 0 N–H and O–H groups in total. The van der Waals surface area contributed by atoms with Gasteiger partial charge in [-0.3, -0.25) is 4.57 Å². The van der Waals surface area contributed by atoms with Crippen LogP contribution < -0.4 is 0 Å². The maximum absolute atomic E-state index is 11.9. The van der Waals surface area contributed by atoms with E-state index in [1.807, 2.05) is 32.9 Å². The number of carbonyl (C=O) groups excluding carboxylic acids is 1. The number of nitrogens with zero attached hydrogens (tertiary/aromatic N) is 3. The third kappa shape index (κ3) is 3.19. The van der Waals surface area contributed by atoms with E-state index in [0.29, 0.717) is 11.5 Å². The van der Waals surface area contributed by atoms with Gasteiger partial charge in [0.25, 0.3) is 0 Å². The van der Waals surface area contributed by atoms with Gasteiger partial charge in [-0.15, -0.1) is 10.2 Å². The highest BCUT2D eigenvalue weighted by molar-refractivity contribution is 5.89. The van der Waals surface area contributed by atoms with Gasteiger partial charge in [-0.25, -0.2) is 4.79 Å². The SMILES string of the molecule is CC(C)[C@H](C)OC(=O)c1ccc(-n2cnnc2)cc1. The smallest absolute Gasteiger partial charge is 0.338 e. The molecule has 0 radical (unpaired) electrons. The van der Waals surface area contributed by atoms with Gasteiger partial charge in [0, 0.05) is 5.69 Å². The Morgan fingerprint density at radius 3 is 2.21 bits per heavy atom. The summed E-state index contributed by atoms with van der Waals surface area (Å²) in [6.07, 6.45) is 3.12. The van der Waals surface area contributed by atoms with Gasteiger partial charge < -0.3 is 4.74 Å². The van der Waals surface area contributed by atoms with Crippen molar-refractivity contribution in [3.8, 4) is 5.69 Å². The van der Waals surface area contributed by atoms with Gasteiger partial charge in [-0.05, 0) is 37.1 Å². The minimum atomic E-state index is -0.295. The van der Waals surface area contributed by atoms with E-state index in [2.05, 4.69) is 10.2 Å². The first kappa shape index (κ1) is 13.3. The second-order valence-electron chi connectivity index (χ2n) is 4.77. The topological polar surface area (TPSA) is 57.0 Å². The lowest BCUT2D eigenvalue weighted by Crippen LogP contribution is -2.20. The van der Waals surface area contributed by atoms with Gasteiger partial charge in [0.2, 0.25) is 0 Å². The van der Waals surface area contributed by atoms with E-state index in [1.165, 1.54) is 0 Å². The van der Waals surface area contributed by atoms with Crippen LogP contribution in [-0.4, -0.2) is 26.8 Å². The first-order chi connectivity index (χ1) is 9.08. The number of benzene rings is 1. The van der Waals surface area contributed by atoms with E-state index in [9.17, 15) is 4.79 Å². The van der Waals surface area contributed by atoms with Crippen molar-refractivity contribution >= 4 is 5.97 Å². The second kappa shape index (κ2) is 5.65. The minimum Gasteiger partial charge on any atom is -0.459 e. The standard InChI is InChI=1S/C14H17N3O2/c1-10(2)11(3)19-14(18)12-4-6-13(7-5-12)17-8-15-16-9-17/h4-11H,1-3H3/t11-/m0/s1. The minimum absolute atomic E-state index is 0.0926. The van der Waals surface area contributed by atoms with Gasteiger partial charge in [0.05, 0.1) is 5.56 Å². The maximum atomic E-state index is 11.9. The predicted octanol–water partition coefficient (Wildman–Crippen LogP) is 2.47. The van der Waals surface area contributed by atoms with Gasteiger partial charge in [0.15, 0.2) is 0 Å². The van der Waals surface area contributed by atoms with Crippen LogP contribution in [0.1, 0.15) is 31.1 Å². The molecule has 0 saturated heterocycles. The van der Waals surface area contributed by atoms with Crippen LogP contribution in [0.15, 0.2) is 36.9 Å². The molecule has 1 heterocycles. The fourth-order valence-corrected chi connectivity index (χ4v) is 1.48. The molecule has 0 amide bonds. The summed E-state index contributed by atoms with van der Waals surface area (Å²) in [6.45, 7) is 5.94. The molecule has 0 aliphatic carbocycles. The first-order valence-electron chi connectivity index (χ1n) is 6.24. The first-order valence-corrected chi connectivity index (χ1v) is 6.24. The van der Waals surface area contributed by atoms with Crippen LogP contribution in [0.2, 0.25) is 0 Å². The highest BCUT2D eigenvalue weighted by Crippen LogP contribution is 2.12. The summed E-state index contributed by atoms with van der Waals surface area (Å²) in [4.78, 5) is 11.9. The Labute approximate surface area is 112 Å². The third-order valence-corrected chi connectivity index (χ3v) is 3.05. The number of ether oxygens (including phenoxy) is 1. The van der Waals surface area contributed by atoms with Crippen molar-refractivity contribution in [2.24, 2.45) is 5.92 Å². The molecule has 0 bridgehead atoms. The van der Waals surface area contributed by atoms with Crippen molar-refractivity contribution in [1.29, 1.82) is 0 Å². The molecule has 0 aliphatic heterocycles. The Kier molecular flexibility index (Phi) is 3.94. The van der Waals surface area contributed by atoms with Crippen molar-refractivity contribution in [2.75, 3.05) is 0 Å². The Morgan fingerprint density at radius 2 is 1.68 bits per heavy atom. The monoisotopic (exact) mass is 259 g/mol. The molecular formula is C14H17N3O2. The van der Waals surface area contributed by atoms with Crippen molar-refractivity contribution in [3.05, 3.63) is 42.5 Å². The van der Waals surface area contributed by atoms with E-state index in [4.69, 9.17) is 4.74 Å². The molecule has 0 saturated carbocycles. The molecule has 2 aromatic rings. The molecule has 100 valence electrons. The Hall–Kier alpha value is -2.17. The number of esters is 1. The molecule has 1 aromatic carbocycles. The lowest BCUT2D eigenvalue weighted by molar-refractivity contribution is 0.0238. The molecule has 2 rings (SSSR count). The molecule has 1 aromatic heterocycles. The van der Waals surface area contributed by atoms with E-state index < -0.39 is 0 Å². The van der Waals surface area contributed by atoms with Crippen LogP contribution >= 0.6 is 0 Å². The third-order valence-electron chi connectivity index (χ3n) is 3.05.